The lowest BCUT2D eigenvalue weighted by atomic mass is 9.74. The summed E-state index contributed by atoms with van der Waals surface area (Å²) < 4.78 is 0. The van der Waals surface area contributed by atoms with Gasteiger partial charge in [-0.15, -0.1) is 0 Å². The van der Waals surface area contributed by atoms with Crippen molar-refractivity contribution in [2.45, 2.75) is 38.1 Å². The Kier molecular flexibility index (Phi) is 2.18. The van der Waals surface area contributed by atoms with Gasteiger partial charge in [-0.3, -0.25) is 0 Å². The average molecular weight is 157 g/mol. The molecule has 11 heavy (non-hydrogen) atoms. The van der Waals surface area contributed by atoms with Crippen molar-refractivity contribution in [3.05, 3.63) is 0 Å². The van der Waals surface area contributed by atoms with Crippen LogP contribution in [0, 0.1) is 5.92 Å². The van der Waals surface area contributed by atoms with E-state index in [2.05, 4.69) is 5.73 Å². The number of quaternary nitrogens is 1. The van der Waals surface area contributed by atoms with E-state index in [1.165, 1.54) is 0 Å². The molecular formula is C8H15NO2. The van der Waals surface area contributed by atoms with Gasteiger partial charge in [-0.25, -0.2) is 0 Å². The first kappa shape index (κ1) is 8.53. The number of carbonyl (C=O) groups is 1. The first-order valence-electron chi connectivity index (χ1n) is 4.14. The fourth-order valence-electron chi connectivity index (χ4n) is 1.72. The van der Waals surface area contributed by atoms with Crippen molar-refractivity contribution >= 4 is 5.97 Å². The molecule has 0 aromatic carbocycles. The Morgan fingerprint density at radius 1 is 1.64 bits per heavy atom. The molecule has 0 amide bonds. The molecule has 0 aliphatic heterocycles. The van der Waals surface area contributed by atoms with Gasteiger partial charge in [0.15, 0.2) is 0 Å². The fraction of sp³-hybridized carbons (Fsp3) is 0.875. The van der Waals surface area contributed by atoms with E-state index >= 15 is 0 Å². The molecule has 1 saturated carbocycles. The molecule has 1 aliphatic carbocycles. The summed E-state index contributed by atoms with van der Waals surface area (Å²) in [6.45, 7) is 1.95. The Labute approximate surface area is 66.6 Å². The molecule has 1 rings (SSSR count). The molecule has 64 valence electrons. The van der Waals surface area contributed by atoms with E-state index in [4.69, 9.17) is 0 Å². The zero-order chi connectivity index (χ0) is 8.48. The zero-order valence-electron chi connectivity index (χ0n) is 6.93. The minimum Gasteiger partial charge on any atom is -0.544 e. The molecule has 3 heteroatoms. The van der Waals surface area contributed by atoms with Gasteiger partial charge in [0.05, 0.1) is 0 Å². The van der Waals surface area contributed by atoms with Crippen LogP contribution in [0.15, 0.2) is 0 Å². The summed E-state index contributed by atoms with van der Waals surface area (Å²) in [5, 5.41) is 10.7. The van der Waals surface area contributed by atoms with Gasteiger partial charge in [-0.05, 0) is 12.8 Å². The number of aliphatic carboxylic acids is 1. The molecule has 0 aromatic rings. The third-order valence-electron chi connectivity index (χ3n) is 2.86. The van der Waals surface area contributed by atoms with Crippen molar-refractivity contribution in [1.82, 2.24) is 0 Å². The van der Waals surface area contributed by atoms with Crippen LogP contribution in [0.3, 0.4) is 0 Å². The summed E-state index contributed by atoms with van der Waals surface area (Å²) in [6, 6.07) is 0. The molecule has 0 heterocycles. The van der Waals surface area contributed by atoms with Crippen LogP contribution in [0.1, 0.15) is 32.6 Å². The maximum atomic E-state index is 10.7. The summed E-state index contributed by atoms with van der Waals surface area (Å²) in [5.74, 6) is -0.814. The molecule has 0 bridgehead atoms. The van der Waals surface area contributed by atoms with E-state index in [0.717, 1.165) is 19.3 Å². The van der Waals surface area contributed by atoms with Crippen LogP contribution >= 0.6 is 0 Å². The predicted molar refractivity (Wildman–Crippen MR) is 38.3 cm³/mol. The number of hydrogen-bond donors (Lipinski definition) is 1. The number of carboxylic acids is 1. The topological polar surface area (TPSA) is 67.8 Å². The van der Waals surface area contributed by atoms with Crippen LogP contribution in [0.4, 0.5) is 0 Å². The maximum Gasteiger partial charge on any atom is 0.137 e. The highest BCUT2D eigenvalue weighted by Gasteiger charge is 2.39. The fourth-order valence-corrected chi connectivity index (χ4v) is 1.72. The van der Waals surface area contributed by atoms with Gasteiger partial charge in [0.2, 0.25) is 0 Å². The van der Waals surface area contributed by atoms with Gasteiger partial charge < -0.3 is 15.6 Å². The summed E-state index contributed by atoms with van der Waals surface area (Å²) in [6.07, 6.45) is 3.75. The molecule has 1 aliphatic rings. The zero-order valence-corrected chi connectivity index (χ0v) is 6.93. The highest BCUT2D eigenvalue weighted by molar-refractivity contribution is 5.74. The van der Waals surface area contributed by atoms with E-state index < -0.39 is 11.5 Å². The second-order valence-corrected chi connectivity index (χ2v) is 3.59. The monoisotopic (exact) mass is 157 g/mol. The van der Waals surface area contributed by atoms with Crippen LogP contribution in [-0.4, -0.2) is 11.5 Å². The van der Waals surface area contributed by atoms with E-state index in [0.29, 0.717) is 6.42 Å². The Morgan fingerprint density at radius 2 is 2.27 bits per heavy atom. The summed E-state index contributed by atoms with van der Waals surface area (Å²) in [5.41, 5.74) is 2.94. The van der Waals surface area contributed by atoms with Crippen molar-refractivity contribution in [1.29, 1.82) is 0 Å². The number of carboxylic acid groups (broad SMARTS) is 1. The Morgan fingerprint density at radius 3 is 2.64 bits per heavy atom. The van der Waals surface area contributed by atoms with E-state index in [-0.39, 0.29) is 5.92 Å². The third kappa shape index (κ3) is 1.38. The highest BCUT2D eigenvalue weighted by atomic mass is 16.4. The minimum atomic E-state index is -0.982. The van der Waals surface area contributed by atoms with Gasteiger partial charge in [0.25, 0.3) is 0 Å². The van der Waals surface area contributed by atoms with Crippen LogP contribution in [0.5, 0.6) is 0 Å². The molecule has 3 nitrogen and oxygen atoms in total. The largest absolute Gasteiger partial charge is 0.544 e. The minimum absolute atomic E-state index is 0.168. The van der Waals surface area contributed by atoms with Crippen LogP contribution in [-0.2, 0) is 4.79 Å². The summed E-state index contributed by atoms with van der Waals surface area (Å²) in [4.78, 5) is 10.7. The lowest BCUT2D eigenvalue weighted by molar-refractivity contribution is -0.502. The third-order valence-corrected chi connectivity index (χ3v) is 2.86. The van der Waals surface area contributed by atoms with Gasteiger partial charge >= 0.3 is 0 Å². The molecule has 0 unspecified atom stereocenters. The second kappa shape index (κ2) is 2.81. The summed E-state index contributed by atoms with van der Waals surface area (Å²) in [7, 11) is 0. The quantitative estimate of drug-likeness (QED) is 0.526. The van der Waals surface area contributed by atoms with Gasteiger partial charge in [0.1, 0.15) is 11.5 Å². The van der Waals surface area contributed by atoms with Crippen molar-refractivity contribution in [2.24, 2.45) is 5.92 Å². The first-order valence-corrected chi connectivity index (χ1v) is 4.14. The Bertz CT molecular complexity index is 169. The van der Waals surface area contributed by atoms with Crippen molar-refractivity contribution in [3.63, 3.8) is 0 Å². The van der Waals surface area contributed by atoms with Gasteiger partial charge in [-0.1, -0.05) is 13.3 Å². The molecular weight excluding hydrogens is 142 g/mol. The Hall–Kier alpha value is -0.570. The number of hydrogen-bond acceptors (Lipinski definition) is 2. The van der Waals surface area contributed by atoms with Crippen molar-refractivity contribution in [3.8, 4) is 0 Å². The first-order chi connectivity index (χ1) is 5.07. The predicted octanol–water partition coefficient (Wildman–Crippen LogP) is -1.07. The molecule has 2 atom stereocenters. The normalized spacial score (nSPS) is 38.5. The van der Waals surface area contributed by atoms with Crippen LogP contribution in [0.25, 0.3) is 0 Å². The lowest BCUT2D eigenvalue weighted by Crippen LogP contribution is -2.82. The maximum absolute atomic E-state index is 10.7. The second-order valence-electron chi connectivity index (χ2n) is 3.59. The highest BCUT2D eigenvalue weighted by Crippen LogP contribution is 2.29. The summed E-state index contributed by atoms with van der Waals surface area (Å²) >= 11 is 0. The van der Waals surface area contributed by atoms with E-state index in [9.17, 15) is 9.90 Å². The number of carbonyl (C=O) groups excluding carboxylic acids is 1. The van der Waals surface area contributed by atoms with Crippen molar-refractivity contribution in [2.75, 3.05) is 0 Å². The SMILES string of the molecule is C[C@H]1CCCC[C@]1([NH3+])C(=O)[O-]. The Balaban J connectivity index is 2.72. The molecule has 3 N–H and O–H groups in total. The van der Waals surface area contributed by atoms with Crippen LogP contribution in [0.2, 0.25) is 0 Å². The van der Waals surface area contributed by atoms with Gasteiger partial charge in [-0.2, -0.15) is 0 Å². The van der Waals surface area contributed by atoms with Crippen LogP contribution < -0.4 is 10.8 Å². The van der Waals surface area contributed by atoms with E-state index in [1.807, 2.05) is 6.92 Å². The standard InChI is InChI=1S/C8H15NO2/c1-6-4-2-3-5-8(6,9)7(10)11/h6H,2-5,9H2,1H3,(H,10,11)/t6-,8+/m0/s1. The molecule has 1 fully saturated rings. The average Bonchev–Trinajstić information content (AvgIpc) is 1.95. The lowest BCUT2D eigenvalue weighted by Gasteiger charge is -2.36. The molecule has 0 spiro atoms. The molecule has 0 aromatic heterocycles. The molecule has 0 radical (unpaired) electrons. The smallest absolute Gasteiger partial charge is 0.137 e. The van der Waals surface area contributed by atoms with Crippen molar-refractivity contribution < 1.29 is 15.6 Å². The number of rotatable bonds is 1. The molecule has 0 saturated heterocycles. The van der Waals surface area contributed by atoms with Gasteiger partial charge in [0, 0.05) is 12.3 Å². The van der Waals surface area contributed by atoms with E-state index in [1.54, 1.807) is 0 Å².